The van der Waals surface area contributed by atoms with E-state index in [1.165, 1.54) is 0 Å². The number of carbonyl (C=O) groups is 1. The highest BCUT2D eigenvalue weighted by atomic mass is 16.2. The monoisotopic (exact) mass is 248 g/mol. The number of nitrogens with zero attached hydrogens (tertiary/aromatic N) is 1. The molecule has 0 aromatic heterocycles. The molecule has 1 aromatic rings. The topological polar surface area (TPSA) is 32.3 Å². The second kappa shape index (κ2) is 5.89. The zero-order valence-electron chi connectivity index (χ0n) is 12.1. The van der Waals surface area contributed by atoms with E-state index in [0.29, 0.717) is 0 Å². The fourth-order valence-corrected chi connectivity index (χ4v) is 1.94. The fraction of sp³-hybridized carbons (Fsp3) is 0.533. The molecular weight excluding hydrogens is 224 g/mol. The van der Waals surface area contributed by atoms with Crippen molar-refractivity contribution in [3.63, 3.8) is 0 Å². The zero-order chi connectivity index (χ0) is 13.8. The normalized spacial score (nSPS) is 11.2. The van der Waals surface area contributed by atoms with Crippen molar-refractivity contribution in [1.82, 2.24) is 4.90 Å². The van der Waals surface area contributed by atoms with Gasteiger partial charge in [0.05, 0.1) is 0 Å². The molecule has 0 spiro atoms. The standard InChI is InChI=1S/C15H24N2O/c1-6-16-13-9-7-12(8-10-13)14(18)17(5)11-15(2,3)4/h7-10,16H,6,11H2,1-5H3. The summed E-state index contributed by atoms with van der Waals surface area (Å²) in [5, 5.41) is 3.22. The summed E-state index contributed by atoms with van der Waals surface area (Å²) in [7, 11) is 1.85. The Morgan fingerprint density at radius 2 is 1.78 bits per heavy atom. The number of benzene rings is 1. The summed E-state index contributed by atoms with van der Waals surface area (Å²) in [6.07, 6.45) is 0. The van der Waals surface area contributed by atoms with E-state index < -0.39 is 0 Å². The Balaban J connectivity index is 2.72. The summed E-state index contributed by atoms with van der Waals surface area (Å²) in [5.74, 6) is 0.0768. The molecule has 0 heterocycles. The van der Waals surface area contributed by atoms with Gasteiger partial charge in [-0.1, -0.05) is 20.8 Å². The van der Waals surface area contributed by atoms with Gasteiger partial charge in [-0.05, 0) is 36.6 Å². The van der Waals surface area contributed by atoms with Gasteiger partial charge in [-0.25, -0.2) is 0 Å². The number of anilines is 1. The number of nitrogens with one attached hydrogen (secondary N) is 1. The van der Waals surface area contributed by atoms with E-state index in [1.807, 2.05) is 31.3 Å². The SMILES string of the molecule is CCNc1ccc(C(=O)N(C)CC(C)(C)C)cc1. The van der Waals surface area contributed by atoms with Crippen molar-refractivity contribution >= 4 is 11.6 Å². The van der Waals surface area contributed by atoms with Crippen molar-refractivity contribution in [2.75, 3.05) is 25.5 Å². The molecule has 3 heteroatoms. The van der Waals surface area contributed by atoms with E-state index in [0.717, 1.165) is 24.3 Å². The van der Waals surface area contributed by atoms with Crippen LogP contribution in [-0.4, -0.2) is 30.9 Å². The van der Waals surface area contributed by atoms with Crippen LogP contribution in [0.1, 0.15) is 38.1 Å². The molecule has 100 valence electrons. The lowest BCUT2D eigenvalue weighted by Crippen LogP contribution is -2.34. The molecule has 1 N–H and O–H groups in total. The quantitative estimate of drug-likeness (QED) is 0.887. The minimum absolute atomic E-state index is 0.0768. The summed E-state index contributed by atoms with van der Waals surface area (Å²) in [6, 6.07) is 7.64. The van der Waals surface area contributed by atoms with E-state index in [4.69, 9.17) is 0 Å². The lowest BCUT2D eigenvalue weighted by Gasteiger charge is -2.26. The Kier molecular flexibility index (Phi) is 4.76. The van der Waals surface area contributed by atoms with Gasteiger partial charge in [0.1, 0.15) is 0 Å². The van der Waals surface area contributed by atoms with Crippen LogP contribution in [0.5, 0.6) is 0 Å². The van der Waals surface area contributed by atoms with Crippen molar-refractivity contribution in [3.05, 3.63) is 29.8 Å². The highest BCUT2D eigenvalue weighted by Gasteiger charge is 2.18. The second-order valence-electron chi connectivity index (χ2n) is 5.83. The second-order valence-corrected chi connectivity index (χ2v) is 5.83. The summed E-state index contributed by atoms with van der Waals surface area (Å²) in [5.41, 5.74) is 1.91. The van der Waals surface area contributed by atoms with Crippen molar-refractivity contribution in [2.45, 2.75) is 27.7 Å². The molecule has 0 unspecified atom stereocenters. The zero-order valence-corrected chi connectivity index (χ0v) is 12.1. The van der Waals surface area contributed by atoms with E-state index in [1.54, 1.807) is 4.90 Å². The third-order valence-corrected chi connectivity index (χ3v) is 2.57. The average molecular weight is 248 g/mol. The molecule has 1 rings (SSSR count). The molecule has 0 aliphatic rings. The highest BCUT2D eigenvalue weighted by Crippen LogP contribution is 2.17. The number of rotatable bonds is 4. The van der Waals surface area contributed by atoms with Gasteiger partial charge in [0.15, 0.2) is 0 Å². The van der Waals surface area contributed by atoms with Crippen LogP contribution in [0.25, 0.3) is 0 Å². The molecule has 0 atom stereocenters. The average Bonchev–Trinajstić information content (AvgIpc) is 2.27. The molecule has 0 saturated heterocycles. The number of hydrogen-bond acceptors (Lipinski definition) is 2. The van der Waals surface area contributed by atoms with Gasteiger partial charge >= 0.3 is 0 Å². The summed E-state index contributed by atoms with van der Waals surface area (Å²) >= 11 is 0. The van der Waals surface area contributed by atoms with Gasteiger partial charge in [0.2, 0.25) is 0 Å². The number of carbonyl (C=O) groups excluding carboxylic acids is 1. The highest BCUT2D eigenvalue weighted by molar-refractivity contribution is 5.94. The number of hydrogen-bond donors (Lipinski definition) is 1. The lowest BCUT2D eigenvalue weighted by molar-refractivity contribution is 0.0745. The summed E-state index contributed by atoms with van der Waals surface area (Å²) < 4.78 is 0. The molecule has 1 amide bonds. The predicted molar refractivity (Wildman–Crippen MR) is 77.0 cm³/mol. The molecule has 3 nitrogen and oxygen atoms in total. The van der Waals surface area contributed by atoms with Gasteiger partial charge in [-0.15, -0.1) is 0 Å². The van der Waals surface area contributed by atoms with Crippen LogP contribution in [0.2, 0.25) is 0 Å². The first-order chi connectivity index (χ1) is 8.33. The molecule has 0 aliphatic carbocycles. The number of amides is 1. The first-order valence-corrected chi connectivity index (χ1v) is 6.43. The first-order valence-electron chi connectivity index (χ1n) is 6.43. The van der Waals surface area contributed by atoms with Gasteiger partial charge in [-0.3, -0.25) is 4.79 Å². The van der Waals surface area contributed by atoms with Gasteiger partial charge in [-0.2, -0.15) is 0 Å². The van der Waals surface area contributed by atoms with Crippen LogP contribution in [0.4, 0.5) is 5.69 Å². The minimum Gasteiger partial charge on any atom is -0.385 e. The Morgan fingerprint density at radius 1 is 1.22 bits per heavy atom. The third kappa shape index (κ3) is 4.40. The van der Waals surface area contributed by atoms with Crippen LogP contribution in [-0.2, 0) is 0 Å². The summed E-state index contributed by atoms with van der Waals surface area (Å²) in [4.78, 5) is 14.0. The summed E-state index contributed by atoms with van der Waals surface area (Å²) in [6.45, 7) is 10.1. The minimum atomic E-state index is 0.0768. The maximum absolute atomic E-state index is 12.2. The molecule has 0 radical (unpaired) electrons. The van der Waals surface area contributed by atoms with E-state index in [2.05, 4.69) is 33.0 Å². The predicted octanol–water partition coefficient (Wildman–Crippen LogP) is 3.24. The van der Waals surface area contributed by atoms with Gasteiger partial charge in [0, 0.05) is 31.4 Å². The Hall–Kier alpha value is -1.51. The smallest absolute Gasteiger partial charge is 0.253 e. The largest absolute Gasteiger partial charge is 0.385 e. The van der Waals surface area contributed by atoms with E-state index >= 15 is 0 Å². The first kappa shape index (κ1) is 14.6. The molecule has 1 aromatic carbocycles. The fourth-order valence-electron chi connectivity index (χ4n) is 1.94. The van der Waals surface area contributed by atoms with Crippen molar-refractivity contribution in [3.8, 4) is 0 Å². The van der Waals surface area contributed by atoms with Crippen LogP contribution in [0.15, 0.2) is 24.3 Å². The lowest BCUT2D eigenvalue weighted by atomic mass is 9.96. The molecule has 18 heavy (non-hydrogen) atoms. The Bertz CT molecular complexity index is 390. The van der Waals surface area contributed by atoms with E-state index in [9.17, 15) is 4.79 Å². The van der Waals surface area contributed by atoms with Crippen LogP contribution in [0, 0.1) is 5.41 Å². The Morgan fingerprint density at radius 3 is 2.22 bits per heavy atom. The maximum atomic E-state index is 12.2. The molecule has 0 saturated carbocycles. The van der Waals surface area contributed by atoms with Crippen molar-refractivity contribution in [2.24, 2.45) is 5.41 Å². The Labute approximate surface area is 110 Å². The third-order valence-electron chi connectivity index (χ3n) is 2.57. The maximum Gasteiger partial charge on any atom is 0.253 e. The van der Waals surface area contributed by atoms with Gasteiger partial charge < -0.3 is 10.2 Å². The molecule has 0 aliphatic heterocycles. The molecule has 0 bridgehead atoms. The van der Waals surface area contributed by atoms with Gasteiger partial charge in [0.25, 0.3) is 5.91 Å². The van der Waals surface area contributed by atoms with Crippen molar-refractivity contribution < 1.29 is 4.79 Å². The van der Waals surface area contributed by atoms with Crippen LogP contribution in [0.3, 0.4) is 0 Å². The van der Waals surface area contributed by atoms with Crippen LogP contribution < -0.4 is 5.32 Å². The van der Waals surface area contributed by atoms with E-state index in [-0.39, 0.29) is 11.3 Å². The van der Waals surface area contributed by atoms with Crippen LogP contribution >= 0.6 is 0 Å². The van der Waals surface area contributed by atoms with Crippen molar-refractivity contribution in [1.29, 1.82) is 0 Å². The molecule has 0 fully saturated rings. The molecular formula is C15H24N2O.